The minimum Gasteiger partial charge on any atom is -0.497 e. The van der Waals surface area contributed by atoms with Crippen LogP contribution < -0.4 is 18.9 Å². The average molecular weight is 745 g/mol. The number of hydrogen-bond acceptors (Lipinski definition) is 8. The van der Waals surface area contributed by atoms with Crippen LogP contribution in [0.5, 0.6) is 11.5 Å². The first-order valence-corrected chi connectivity index (χ1v) is 19.4. The topological polar surface area (TPSA) is 165 Å². The summed E-state index contributed by atoms with van der Waals surface area (Å²) in [6.07, 6.45) is 8.82. The molecule has 0 heterocycles. The lowest BCUT2D eigenvalue weighted by Gasteiger charge is -2.15. The van der Waals surface area contributed by atoms with Gasteiger partial charge in [0.25, 0.3) is 0 Å². The molecular weight excluding hydrogens is 705 g/mol. The van der Waals surface area contributed by atoms with Gasteiger partial charge in [-0.2, -0.15) is 0 Å². The number of fused-ring (bicyclic) bond motifs is 2. The van der Waals surface area contributed by atoms with Crippen LogP contribution in [0, 0.1) is 0 Å². The van der Waals surface area contributed by atoms with Crippen LogP contribution in [0.15, 0.2) is 107 Å². The van der Waals surface area contributed by atoms with Crippen LogP contribution in [-0.4, -0.2) is 47.9 Å². The van der Waals surface area contributed by atoms with Crippen molar-refractivity contribution in [3.63, 3.8) is 0 Å². The number of carbonyl (C=O) groups excluding carboxylic acids is 1. The average Bonchev–Trinajstić information content (AvgIpc) is 3.72. The van der Waals surface area contributed by atoms with E-state index in [1.54, 1.807) is 36.4 Å². The number of carbonyl (C=O) groups is 2. The summed E-state index contributed by atoms with van der Waals surface area (Å²) in [5.41, 5.74) is 5.78. The van der Waals surface area contributed by atoms with Crippen LogP contribution in [-0.2, 0) is 42.5 Å². The molecule has 2 aliphatic carbocycles. The van der Waals surface area contributed by atoms with Gasteiger partial charge in [0.05, 0.1) is 24.0 Å². The van der Waals surface area contributed by atoms with E-state index in [1.807, 2.05) is 30.3 Å². The molecule has 6 rings (SSSR count). The summed E-state index contributed by atoms with van der Waals surface area (Å²) in [4.78, 5) is 22.1. The van der Waals surface area contributed by atoms with Gasteiger partial charge in [0.1, 0.15) is 11.5 Å². The quantitative estimate of drug-likeness (QED) is 0.147. The number of ether oxygens (including phenoxy) is 2. The normalized spacial score (nSPS) is 16.6. The molecular formula is C39H40N2O9S2. The molecule has 4 aromatic rings. The highest BCUT2D eigenvalue weighted by atomic mass is 32.2. The molecule has 3 N–H and O–H groups in total. The molecule has 0 fully saturated rings. The molecule has 13 heteroatoms. The van der Waals surface area contributed by atoms with Crippen molar-refractivity contribution >= 4 is 44.0 Å². The summed E-state index contributed by atoms with van der Waals surface area (Å²) >= 11 is 0. The number of carboxylic acid groups (broad SMARTS) is 1. The SMILES string of the molecule is COc1ccc(S(=O)(=O)NC2CCc3cc(/C=C/C(=O)O)ccc32)cc1.COc1ccc(S(=O)(=O)NC2CCc3cc(/C=C/C(C)=O)ccc32)cc1. The maximum Gasteiger partial charge on any atom is 0.328 e. The smallest absolute Gasteiger partial charge is 0.328 e. The fourth-order valence-corrected chi connectivity index (χ4v) is 8.63. The van der Waals surface area contributed by atoms with Gasteiger partial charge in [-0.3, -0.25) is 4.79 Å². The number of methoxy groups -OCH3 is 2. The van der Waals surface area contributed by atoms with Crippen molar-refractivity contribution in [3.8, 4) is 11.5 Å². The number of carboxylic acids is 1. The maximum atomic E-state index is 12.6. The number of rotatable bonds is 12. The predicted octanol–water partition coefficient (Wildman–Crippen LogP) is 6.02. The molecule has 0 aliphatic heterocycles. The van der Waals surface area contributed by atoms with Crippen molar-refractivity contribution in [2.75, 3.05) is 14.2 Å². The Balaban J connectivity index is 0.000000201. The summed E-state index contributed by atoms with van der Waals surface area (Å²) in [5.74, 6) is 0.199. The van der Waals surface area contributed by atoms with E-state index >= 15 is 0 Å². The number of sulfonamides is 2. The van der Waals surface area contributed by atoms with Gasteiger partial charge in [-0.15, -0.1) is 0 Å². The van der Waals surface area contributed by atoms with Gasteiger partial charge < -0.3 is 14.6 Å². The van der Waals surface area contributed by atoms with Gasteiger partial charge in [-0.1, -0.05) is 42.5 Å². The molecule has 0 bridgehead atoms. The summed E-state index contributed by atoms with van der Waals surface area (Å²) in [5, 5.41) is 8.71. The third-order valence-corrected chi connectivity index (χ3v) is 11.7. The second kappa shape index (κ2) is 16.5. The van der Waals surface area contributed by atoms with Crippen LogP contribution in [0.25, 0.3) is 12.2 Å². The van der Waals surface area contributed by atoms with Gasteiger partial charge >= 0.3 is 5.97 Å². The van der Waals surface area contributed by atoms with E-state index in [1.165, 1.54) is 57.6 Å². The standard InChI is InChI=1S/C20H21NO4S.C19H19NO5S/c1-14(22)3-4-15-5-11-19-16(13-15)6-12-20(19)21-26(23,24)18-9-7-17(25-2)8-10-18;1-25-15-5-7-16(8-6-15)26(23,24)20-18-10-4-14-12-13(2-9-17(14)18)3-11-19(21)22/h3-5,7-11,13,20-21H,6,12H2,1-2H3;2-3,5-9,11-12,18,20H,4,10H2,1H3,(H,21,22)/b4-3+;11-3+. The lowest BCUT2D eigenvalue weighted by Crippen LogP contribution is -2.27. The van der Waals surface area contributed by atoms with Gasteiger partial charge in [0, 0.05) is 18.2 Å². The molecule has 0 radical (unpaired) electrons. The first-order chi connectivity index (χ1) is 24.8. The Hall–Kier alpha value is -5.08. The van der Waals surface area contributed by atoms with Crippen LogP contribution in [0.1, 0.15) is 65.2 Å². The Labute approximate surface area is 304 Å². The monoisotopic (exact) mass is 744 g/mol. The largest absolute Gasteiger partial charge is 0.497 e. The van der Waals surface area contributed by atoms with Crippen LogP contribution in [0.3, 0.4) is 0 Å². The number of aryl methyl sites for hydroxylation is 2. The van der Waals surface area contributed by atoms with Crippen molar-refractivity contribution in [2.45, 2.75) is 54.5 Å². The Bertz CT molecular complexity index is 2050. The number of benzene rings is 4. The Morgan fingerprint density at radius 1 is 0.654 bits per heavy atom. The van der Waals surface area contributed by atoms with Crippen LogP contribution in [0.4, 0.5) is 0 Å². The van der Waals surface area contributed by atoms with Crippen molar-refractivity contribution in [3.05, 3.63) is 130 Å². The predicted molar refractivity (Wildman–Crippen MR) is 198 cm³/mol. The van der Waals surface area contributed by atoms with E-state index in [9.17, 15) is 26.4 Å². The molecule has 2 unspecified atom stereocenters. The molecule has 0 amide bonds. The highest BCUT2D eigenvalue weighted by molar-refractivity contribution is 7.89. The van der Waals surface area contributed by atoms with E-state index in [2.05, 4.69) is 9.44 Å². The highest BCUT2D eigenvalue weighted by Gasteiger charge is 2.29. The van der Waals surface area contributed by atoms with Crippen LogP contribution in [0.2, 0.25) is 0 Å². The summed E-state index contributed by atoms with van der Waals surface area (Å²) < 4.78 is 66.2. The fourth-order valence-electron chi connectivity index (χ4n) is 6.13. The number of aliphatic carboxylic acids is 1. The number of allylic oxidation sites excluding steroid dienone is 1. The zero-order valence-electron chi connectivity index (χ0n) is 28.9. The highest BCUT2D eigenvalue weighted by Crippen LogP contribution is 2.35. The minimum atomic E-state index is -3.64. The zero-order chi connectivity index (χ0) is 37.5. The first kappa shape index (κ1) is 38.2. The van der Waals surface area contributed by atoms with Crippen LogP contribution >= 0.6 is 0 Å². The number of hydrogen-bond donors (Lipinski definition) is 3. The molecule has 0 saturated heterocycles. The molecule has 0 spiro atoms. The number of ketones is 1. The second-order valence-electron chi connectivity index (χ2n) is 12.3. The zero-order valence-corrected chi connectivity index (χ0v) is 30.5. The Morgan fingerprint density at radius 3 is 1.42 bits per heavy atom. The van der Waals surface area contributed by atoms with Gasteiger partial charge in [0.15, 0.2) is 5.78 Å². The van der Waals surface area contributed by atoms with E-state index in [4.69, 9.17) is 14.6 Å². The first-order valence-electron chi connectivity index (χ1n) is 16.5. The summed E-state index contributed by atoms with van der Waals surface area (Å²) in [6.45, 7) is 1.51. The number of nitrogens with one attached hydrogen (secondary N) is 2. The van der Waals surface area contributed by atoms with E-state index in [0.29, 0.717) is 24.3 Å². The molecule has 2 atom stereocenters. The Morgan fingerprint density at radius 2 is 1.06 bits per heavy atom. The second-order valence-corrected chi connectivity index (χ2v) is 15.7. The van der Waals surface area contributed by atoms with Crippen molar-refractivity contribution in [2.24, 2.45) is 0 Å². The molecule has 4 aromatic carbocycles. The van der Waals surface area contributed by atoms with E-state index < -0.39 is 26.0 Å². The third kappa shape index (κ3) is 9.62. The lowest BCUT2D eigenvalue weighted by atomic mass is 10.0. The molecule has 2 aliphatic rings. The van der Waals surface area contributed by atoms with Gasteiger partial charge in [-0.25, -0.2) is 31.1 Å². The van der Waals surface area contributed by atoms with Crippen molar-refractivity contribution < 1.29 is 41.0 Å². The van der Waals surface area contributed by atoms with Gasteiger partial charge in [-0.05, 0) is 127 Å². The maximum absolute atomic E-state index is 12.6. The fraction of sp³-hybridized carbons (Fsp3) is 0.231. The molecule has 0 aromatic heterocycles. The molecule has 0 saturated carbocycles. The summed E-state index contributed by atoms with van der Waals surface area (Å²) in [7, 11) is -4.18. The van der Waals surface area contributed by atoms with Gasteiger partial charge in [0.2, 0.25) is 20.0 Å². The van der Waals surface area contributed by atoms with Crippen molar-refractivity contribution in [1.29, 1.82) is 0 Å². The molecule has 11 nitrogen and oxygen atoms in total. The minimum absolute atomic E-state index is 0.00405. The Kier molecular flexibility index (Phi) is 12.1. The van der Waals surface area contributed by atoms with Crippen molar-refractivity contribution in [1.82, 2.24) is 9.44 Å². The van der Waals surface area contributed by atoms with E-state index in [-0.39, 0.29) is 27.7 Å². The molecule has 272 valence electrons. The molecule has 52 heavy (non-hydrogen) atoms. The van der Waals surface area contributed by atoms with E-state index in [0.717, 1.165) is 52.3 Å². The summed E-state index contributed by atoms with van der Waals surface area (Å²) in [6, 6.07) is 23.4. The lowest BCUT2D eigenvalue weighted by molar-refractivity contribution is -0.131. The third-order valence-electron chi connectivity index (χ3n) is 8.75.